The lowest BCUT2D eigenvalue weighted by atomic mass is 9.42. The molecule has 4 fully saturated rings. The Hall–Kier alpha value is -3.75. The van der Waals surface area contributed by atoms with Crippen LogP contribution in [0.4, 0.5) is 0 Å². The first-order chi connectivity index (χ1) is 20.6. The zero-order valence-corrected chi connectivity index (χ0v) is 26.5. The van der Waals surface area contributed by atoms with Crippen molar-refractivity contribution in [2.24, 2.45) is 33.5 Å². The molecule has 2 bridgehead atoms. The van der Waals surface area contributed by atoms with Gasteiger partial charge in [0.05, 0.1) is 5.41 Å². The first-order valence-corrected chi connectivity index (χ1v) is 15.2. The van der Waals surface area contributed by atoms with Crippen molar-refractivity contribution in [2.45, 2.75) is 92.1 Å². The van der Waals surface area contributed by atoms with E-state index in [2.05, 4.69) is 6.58 Å². The largest absolute Gasteiger partial charge is 0.461 e. The van der Waals surface area contributed by atoms with Crippen LogP contribution in [-0.2, 0) is 42.9 Å². The second kappa shape index (κ2) is 10.7. The molecule has 0 radical (unpaired) electrons. The van der Waals surface area contributed by atoms with Gasteiger partial charge >= 0.3 is 23.9 Å². The molecule has 0 heterocycles. The third-order valence-corrected chi connectivity index (χ3v) is 11.4. The van der Waals surface area contributed by atoms with Crippen LogP contribution >= 0.6 is 0 Å². The van der Waals surface area contributed by atoms with Crippen LogP contribution in [0.2, 0.25) is 0 Å². The van der Waals surface area contributed by atoms with Gasteiger partial charge in [0.2, 0.25) is 0 Å². The molecule has 1 aromatic carbocycles. The summed E-state index contributed by atoms with van der Waals surface area (Å²) in [6.07, 6.45) is 0.113. The molecule has 9 nitrogen and oxygen atoms in total. The highest BCUT2D eigenvalue weighted by Crippen LogP contribution is 2.86. The molecule has 0 saturated heterocycles. The summed E-state index contributed by atoms with van der Waals surface area (Å²) in [6.45, 7) is 16.2. The van der Waals surface area contributed by atoms with Gasteiger partial charge in [0, 0.05) is 55.9 Å². The summed E-state index contributed by atoms with van der Waals surface area (Å²) in [5.74, 6) is -3.51. The van der Waals surface area contributed by atoms with E-state index in [1.807, 2.05) is 58.0 Å². The number of ether oxygens (including phenoxy) is 4. The first-order valence-electron chi connectivity index (χ1n) is 15.2. The van der Waals surface area contributed by atoms with Crippen LogP contribution in [0.1, 0.15) is 73.3 Å². The summed E-state index contributed by atoms with van der Waals surface area (Å²) in [4.78, 5) is 65.4. The third kappa shape index (κ3) is 4.07. The van der Waals surface area contributed by atoms with Crippen LogP contribution in [0.15, 0.2) is 48.6 Å². The Kier molecular flexibility index (Phi) is 7.70. The maximum Gasteiger partial charge on any atom is 0.331 e. The lowest BCUT2D eigenvalue weighted by Crippen LogP contribution is -2.63. The topological polar surface area (TPSA) is 122 Å². The van der Waals surface area contributed by atoms with Crippen LogP contribution in [0.25, 0.3) is 6.08 Å². The summed E-state index contributed by atoms with van der Waals surface area (Å²) in [5, 5.41) is 0. The van der Waals surface area contributed by atoms with Crippen LogP contribution in [0.5, 0.6) is 0 Å². The summed E-state index contributed by atoms with van der Waals surface area (Å²) >= 11 is 0. The van der Waals surface area contributed by atoms with Crippen LogP contribution < -0.4 is 0 Å². The monoisotopic (exact) mass is 606 g/mol. The Morgan fingerprint density at radius 2 is 1.43 bits per heavy atom. The number of Topliss-reactive ketones (excluding diaryl/α,β-unsaturated/α-hetero) is 1. The molecule has 9 atom stereocenters. The molecule has 4 aliphatic rings. The fourth-order valence-electron chi connectivity index (χ4n) is 10.2. The number of hydrogen-bond acceptors (Lipinski definition) is 9. The molecule has 0 unspecified atom stereocenters. The van der Waals surface area contributed by atoms with Gasteiger partial charge in [0.25, 0.3) is 0 Å². The highest BCUT2D eigenvalue weighted by molar-refractivity contribution is 5.88. The maximum atomic E-state index is 13.9. The van der Waals surface area contributed by atoms with Gasteiger partial charge in [-0.25, -0.2) is 4.79 Å². The molecule has 4 saturated carbocycles. The Morgan fingerprint density at radius 3 is 2.02 bits per heavy atom. The van der Waals surface area contributed by atoms with Gasteiger partial charge in [0.15, 0.2) is 0 Å². The van der Waals surface area contributed by atoms with Gasteiger partial charge in [-0.3, -0.25) is 19.2 Å². The lowest BCUT2D eigenvalue weighted by Gasteiger charge is -2.60. The predicted octanol–water partition coefficient (Wildman–Crippen LogP) is 5.01. The molecular weight excluding hydrogens is 564 g/mol. The molecule has 44 heavy (non-hydrogen) atoms. The molecule has 4 aliphatic carbocycles. The van der Waals surface area contributed by atoms with Gasteiger partial charge in [-0.05, 0) is 35.5 Å². The number of fused-ring (bicyclic) bond motifs is 1. The second-order valence-corrected chi connectivity index (χ2v) is 13.6. The molecule has 0 N–H and O–H groups in total. The highest BCUT2D eigenvalue weighted by Gasteiger charge is 2.92. The maximum absolute atomic E-state index is 13.9. The quantitative estimate of drug-likeness (QED) is 0.190. The van der Waals surface area contributed by atoms with Crippen LogP contribution in [-0.4, -0.2) is 54.1 Å². The van der Waals surface area contributed by atoms with Crippen LogP contribution in [0.3, 0.4) is 0 Å². The molecule has 0 aliphatic heterocycles. The Morgan fingerprint density at radius 1 is 0.864 bits per heavy atom. The van der Waals surface area contributed by atoms with Gasteiger partial charge in [-0.1, -0.05) is 64.6 Å². The van der Waals surface area contributed by atoms with Gasteiger partial charge in [-0.15, -0.1) is 0 Å². The summed E-state index contributed by atoms with van der Waals surface area (Å²) < 4.78 is 24.5. The number of ketones is 1. The number of esters is 4. The van der Waals surface area contributed by atoms with E-state index in [-0.39, 0.29) is 12.2 Å². The van der Waals surface area contributed by atoms with E-state index in [1.165, 1.54) is 26.8 Å². The predicted molar refractivity (Wildman–Crippen MR) is 159 cm³/mol. The molecule has 9 heteroatoms. The van der Waals surface area contributed by atoms with E-state index in [1.54, 1.807) is 6.08 Å². The number of carbonyl (C=O) groups excluding carboxylic acids is 5. The molecular formula is C35H42O9. The summed E-state index contributed by atoms with van der Waals surface area (Å²) in [5.41, 5.74) is -2.97. The third-order valence-electron chi connectivity index (χ3n) is 11.4. The minimum absolute atomic E-state index is 0.0657. The second-order valence-electron chi connectivity index (χ2n) is 13.6. The van der Waals surface area contributed by atoms with Crippen molar-refractivity contribution in [2.75, 3.05) is 0 Å². The number of benzene rings is 1. The number of rotatable bonds is 6. The van der Waals surface area contributed by atoms with Gasteiger partial charge in [0.1, 0.15) is 30.2 Å². The zero-order valence-electron chi connectivity index (χ0n) is 26.5. The Bertz CT molecular complexity index is 1440. The molecule has 0 aromatic heterocycles. The first kappa shape index (κ1) is 31.7. The molecule has 1 aromatic rings. The van der Waals surface area contributed by atoms with E-state index < -0.39 is 81.8 Å². The lowest BCUT2D eigenvalue weighted by molar-refractivity contribution is -0.194. The van der Waals surface area contributed by atoms with E-state index in [4.69, 9.17) is 18.9 Å². The van der Waals surface area contributed by atoms with Crippen LogP contribution in [0, 0.1) is 33.5 Å². The van der Waals surface area contributed by atoms with E-state index in [0.717, 1.165) is 5.56 Å². The number of hydrogen-bond donors (Lipinski definition) is 0. The average Bonchev–Trinajstić information content (AvgIpc) is 3.18. The minimum Gasteiger partial charge on any atom is -0.461 e. The van der Waals surface area contributed by atoms with Crippen molar-refractivity contribution in [3.05, 3.63) is 54.1 Å². The highest BCUT2D eigenvalue weighted by atomic mass is 16.6. The molecule has 2 spiro atoms. The van der Waals surface area contributed by atoms with Crippen molar-refractivity contribution in [1.82, 2.24) is 0 Å². The minimum atomic E-state index is -1.27. The summed E-state index contributed by atoms with van der Waals surface area (Å²) in [7, 11) is 0. The van der Waals surface area contributed by atoms with E-state index in [0.29, 0.717) is 18.4 Å². The van der Waals surface area contributed by atoms with Crippen molar-refractivity contribution in [3.8, 4) is 0 Å². The fourth-order valence-corrected chi connectivity index (χ4v) is 10.2. The van der Waals surface area contributed by atoms with Crippen molar-refractivity contribution in [3.63, 3.8) is 0 Å². The SMILES string of the molecule is C=C1[C@H](OC(=O)C=Cc2ccccc2)CC[C@@]2(C)[C@H](OC(C)=O)[C@H](OC(C)=O)[C@@]34[C@@H](C)C(=O)C[C@H]([C@H](OC(C)=O)[C@@]132)C4(C)C. The molecule has 236 valence electrons. The Balaban J connectivity index is 1.73. The zero-order chi connectivity index (χ0) is 32.4. The Labute approximate surface area is 258 Å². The standard InChI is InChI=1S/C35H42O9/c1-19-26(39)18-25-29(41-21(3)36)35-20(2)27(44-28(40)15-14-24-12-10-9-11-13-24)16-17-33(35,8)30(42-22(4)37)31(43-23(5)38)34(19,35)32(25,6)7/h9-15,19,25,27,29-31H,2,16-18H2,1,3-8H3/t19-,25+,27+,29-,30+,31-,33-,34+,35+/m0/s1. The normalized spacial score (nSPS) is 38.4. The average molecular weight is 607 g/mol. The molecule has 0 amide bonds. The van der Waals surface area contributed by atoms with Gasteiger partial charge in [-0.2, -0.15) is 0 Å². The van der Waals surface area contributed by atoms with E-state index in [9.17, 15) is 24.0 Å². The smallest absolute Gasteiger partial charge is 0.331 e. The summed E-state index contributed by atoms with van der Waals surface area (Å²) in [6, 6.07) is 9.34. The fraction of sp³-hybridized carbons (Fsp3) is 0.571. The van der Waals surface area contributed by atoms with E-state index >= 15 is 0 Å². The molecule has 5 rings (SSSR count). The van der Waals surface area contributed by atoms with Crippen molar-refractivity contribution in [1.29, 1.82) is 0 Å². The van der Waals surface area contributed by atoms with Crippen molar-refractivity contribution >= 4 is 35.7 Å². The number of carbonyl (C=O) groups is 5. The van der Waals surface area contributed by atoms with Crippen molar-refractivity contribution < 1.29 is 42.9 Å². The van der Waals surface area contributed by atoms with Gasteiger partial charge < -0.3 is 18.9 Å².